The van der Waals surface area contributed by atoms with E-state index < -0.39 is 0 Å². The molecule has 0 unspecified atom stereocenters. The van der Waals surface area contributed by atoms with E-state index in [9.17, 15) is 4.79 Å². The highest BCUT2D eigenvalue weighted by molar-refractivity contribution is 9.10. The van der Waals surface area contributed by atoms with Gasteiger partial charge in [-0.3, -0.25) is 4.79 Å². The molecule has 0 aliphatic rings. The van der Waals surface area contributed by atoms with Crippen molar-refractivity contribution in [2.75, 3.05) is 12.4 Å². The molecule has 1 amide bonds. The Morgan fingerprint density at radius 3 is 2.56 bits per heavy atom. The van der Waals surface area contributed by atoms with Gasteiger partial charge in [-0.15, -0.1) is 10.2 Å². The van der Waals surface area contributed by atoms with Crippen molar-refractivity contribution in [1.29, 1.82) is 0 Å². The lowest BCUT2D eigenvalue weighted by molar-refractivity contribution is 0.102. The van der Waals surface area contributed by atoms with Crippen molar-refractivity contribution in [2.45, 2.75) is 6.92 Å². The highest BCUT2D eigenvalue weighted by atomic mass is 79.9. The molecule has 3 aromatic rings. The number of anilines is 1. The van der Waals surface area contributed by atoms with E-state index in [-0.39, 0.29) is 10.9 Å². The molecule has 5 nitrogen and oxygen atoms in total. The van der Waals surface area contributed by atoms with Gasteiger partial charge < -0.3 is 10.1 Å². The maximum atomic E-state index is 12.3. The van der Waals surface area contributed by atoms with Gasteiger partial charge in [0.25, 0.3) is 5.91 Å². The molecule has 0 aliphatic carbocycles. The summed E-state index contributed by atoms with van der Waals surface area (Å²) in [7, 11) is 1.60. The molecule has 138 valence electrons. The van der Waals surface area contributed by atoms with E-state index in [4.69, 9.17) is 16.3 Å². The largest absolute Gasteiger partial charge is 0.496 e. The van der Waals surface area contributed by atoms with Crippen molar-refractivity contribution in [3.8, 4) is 5.75 Å². The summed E-state index contributed by atoms with van der Waals surface area (Å²) in [6, 6.07) is 13.1. The number of nitrogens with zero attached hydrogens (tertiary/aromatic N) is 2. The van der Waals surface area contributed by atoms with Gasteiger partial charge >= 0.3 is 0 Å². The summed E-state index contributed by atoms with van der Waals surface area (Å²) in [6.07, 6.45) is 1.76. The third-order valence-corrected chi connectivity index (χ3v) is 5.58. The molecular weight excluding hydrogens is 450 g/mol. The average molecular weight is 465 g/mol. The molecule has 2 aromatic carbocycles. The lowest BCUT2D eigenvalue weighted by Gasteiger charge is -2.03. The van der Waals surface area contributed by atoms with E-state index in [1.165, 1.54) is 0 Å². The van der Waals surface area contributed by atoms with E-state index in [1.54, 1.807) is 13.2 Å². The topological polar surface area (TPSA) is 64.1 Å². The van der Waals surface area contributed by atoms with Crippen LogP contribution in [0.4, 0.5) is 5.69 Å². The third-order valence-electron chi connectivity index (χ3n) is 3.60. The Kier molecular flexibility index (Phi) is 6.26. The number of carbonyl (C=O) groups is 1. The molecule has 0 saturated carbocycles. The number of amides is 1. The van der Waals surface area contributed by atoms with Crippen LogP contribution < -0.4 is 10.1 Å². The summed E-state index contributed by atoms with van der Waals surface area (Å²) >= 11 is 10.9. The molecular formula is C19H15BrClN3O2S. The molecule has 0 spiro atoms. The van der Waals surface area contributed by atoms with Gasteiger partial charge in [0, 0.05) is 5.69 Å². The second-order valence-electron chi connectivity index (χ2n) is 5.62. The van der Waals surface area contributed by atoms with Crippen molar-refractivity contribution in [1.82, 2.24) is 10.2 Å². The lowest BCUT2D eigenvalue weighted by Crippen LogP contribution is -2.11. The Hall–Kier alpha value is -2.22. The van der Waals surface area contributed by atoms with Crippen molar-refractivity contribution in [2.24, 2.45) is 0 Å². The highest BCUT2D eigenvalue weighted by Gasteiger charge is 2.15. The number of benzene rings is 2. The number of hydrogen-bond donors (Lipinski definition) is 1. The van der Waals surface area contributed by atoms with E-state index >= 15 is 0 Å². The summed E-state index contributed by atoms with van der Waals surface area (Å²) in [6.45, 7) is 1.98. The molecule has 0 atom stereocenters. The molecule has 0 bridgehead atoms. The number of nitrogens with one attached hydrogen (secondary N) is 1. The van der Waals surface area contributed by atoms with Crippen LogP contribution in [0, 0.1) is 6.92 Å². The third kappa shape index (κ3) is 4.94. The summed E-state index contributed by atoms with van der Waals surface area (Å²) in [5.74, 6) is 0.411. The first-order valence-corrected chi connectivity index (χ1v) is 9.87. The summed E-state index contributed by atoms with van der Waals surface area (Å²) in [4.78, 5) is 12.3. The van der Waals surface area contributed by atoms with Gasteiger partial charge in [-0.2, -0.15) is 0 Å². The molecule has 8 heteroatoms. The zero-order chi connectivity index (χ0) is 19.4. The van der Waals surface area contributed by atoms with Crippen LogP contribution >= 0.6 is 38.9 Å². The predicted octanol–water partition coefficient (Wildman–Crippen LogP) is 5.61. The summed E-state index contributed by atoms with van der Waals surface area (Å²) in [5.41, 5.74) is 2.69. The van der Waals surface area contributed by atoms with Crippen LogP contribution in [0.2, 0.25) is 0 Å². The molecule has 27 heavy (non-hydrogen) atoms. The second kappa shape index (κ2) is 8.65. The van der Waals surface area contributed by atoms with Crippen LogP contribution in [0.15, 0.2) is 46.9 Å². The quantitative estimate of drug-likeness (QED) is 0.533. The molecule has 3 rings (SSSR count). The number of halogens is 2. The molecule has 0 aliphatic heterocycles. The van der Waals surface area contributed by atoms with Crippen LogP contribution in [0.25, 0.3) is 11.1 Å². The number of methoxy groups -OCH3 is 1. The van der Waals surface area contributed by atoms with Gasteiger partial charge in [-0.25, -0.2) is 0 Å². The Bertz CT molecular complexity index is 1000. The number of hydrogen-bond acceptors (Lipinski definition) is 5. The SMILES string of the molecule is COc1ccc(/C=C(\Cl)c2nnc(C(=O)Nc3ccc(C)cc3)s2)cc1Br. The van der Waals surface area contributed by atoms with Gasteiger partial charge in [-0.1, -0.05) is 46.7 Å². The number of carbonyl (C=O) groups excluding carboxylic acids is 1. The zero-order valence-corrected chi connectivity index (χ0v) is 17.7. The number of aromatic nitrogens is 2. The summed E-state index contributed by atoms with van der Waals surface area (Å²) in [5, 5.41) is 11.9. The lowest BCUT2D eigenvalue weighted by atomic mass is 10.2. The first-order chi connectivity index (χ1) is 13.0. The number of ether oxygens (including phenoxy) is 1. The van der Waals surface area contributed by atoms with E-state index in [1.807, 2.05) is 49.4 Å². The predicted molar refractivity (Wildman–Crippen MR) is 113 cm³/mol. The van der Waals surface area contributed by atoms with Gasteiger partial charge in [0.15, 0.2) is 5.01 Å². The number of rotatable bonds is 5. The first kappa shape index (κ1) is 19.5. The van der Waals surface area contributed by atoms with Crippen molar-refractivity contribution < 1.29 is 9.53 Å². The fourth-order valence-electron chi connectivity index (χ4n) is 2.21. The van der Waals surface area contributed by atoms with Crippen molar-refractivity contribution >= 4 is 61.6 Å². The van der Waals surface area contributed by atoms with Crippen LogP contribution in [0.5, 0.6) is 5.75 Å². The van der Waals surface area contributed by atoms with Gasteiger partial charge in [-0.05, 0) is 58.8 Å². The fourth-order valence-corrected chi connectivity index (χ4v) is 3.70. The minimum atomic E-state index is -0.320. The van der Waals surface area contributed by atoms with Crippen LogP contribution in [0.3, 0.4) is 0 Å². The maximum absolute atomic E-state index is 12.3. The Morgan fingerprint density at radius 1 is 1.19 bits per heavy atom. The van der Waals surface area contributed by atoms with Crippen molar-refractivity contribution in [3.63, 3.8) is 0 Å². The molecule has 0 radical (unpaired) electrons. The van der Waals surface area contributed by atoms with E-state index in [0.29, 0.717) is 15.7 Å². The smallest absolute Gasteiger partial charge is 0.286 e. The Labute approximate surface area is 174 Å². The normalized spacial score (nSPS) is 11.3. The zero-order valence-electron chi connectivity index (χ0n) is 14.5. The van der Waals surface area contributed by atoms with Crippen LogP contribution in [-0.4, -0.2) is 23.2 Å². The summed E-state index contributed by atoms with van der Waals surface area (Å²) < 4.78 is 6.03. The molecule has 1 aromatic heterocycles. The molecule has 1 heterocycles. The monoisotopic (exact) mass is 463 g/mol. The van der Waals surface area contributed by atoms with Gasteiger partial charge in [0.2, 0.25) is 5.01 Å². The fraction of sp³-hybridized carbons (Fsp3) is 0.105. The van der Waals surface area contributed by atoms with E-state index in [2.05, 4.69) is 31.4 Å². The molecule has 0 fully saturated rings. The maximum Gasteiger partial charge on any atom is 0.286 e. The van der Waals surface area contributed by atoms with Crippen molar-refractivity contribution in [3.05, 3.63) is 68.1 Å². The minimum Gasteiger partial charge on any atom is -0.496 e. The Balaban J connectivity index is 1.75. The van der Waals surface area contributed by atoms with Gasteiger partial charge in [0.1, 0.15) is 5.75 Å². The Morgan fingerprint density at radius 2 is 1.89 bits per heavy atom. The second-order valence-corrected chi connectivity index (χ2v) is 7.86. The van der Waals surface area contributed by atoms with Gasteiger partial charge in [0.05, 0.1) is 16.6 Å². The van der Waals surface area contributed by atoms with Crippen LogP contribution in [-0.2, 0) is 0 Å². The van der Waals surface area contributed by atoms with Crippen LogP contribution in [0.1, 0.15) is 25.9 Å². The standard InChI is InChI=1S/C19H15BrClN3O2S/c1-11-3-6-13(7-4-11)22-17(25)19-24-23-18(27-19)15(21)10-12-5-8-16(26-2)14(20)9-12/h3-10H,1-2H3,(H,22,25)/b15-10-. The van der Waals surface area contributed by atoms with E-state index in [0.717, 1.165) is 32.7 Å². The molecule has 1 N–H and O–H groups in total. The first-order valence-electron chi connectivity index (χ1n) is 7.89. The minimum absolute atomic E-state index is 0.244. The number of aryl methyl sites for hydroxylation is 1. The molecule has 0 saturated heterocycles. The highest BCUT2D eigenvalue weighted by Crippen LogP contribution is 2.30. The average Bonchev–Trinajstić information content (AvgIpc) is 3.14.